The van der Waals surface area contributed by atoms with Gasteiger partial charge in [0.2, 0.25) is 0 Å². The molecule has 6 heteroatoms. The lowest BCUT2D eigenvalue weighted by atomic mass is 10.2. The highest BCUT2D eigenvalue weighted by Gasteiger charge is 2.05. The van der Waals surface area contributed by atoms with E-state index in [0.29, 0.717) is 22.3 Å². The average molecular weight is 415 g/mol. The van der Waals surface area contributed by atoms with Gasteiger partial charge in [-0.05, 0) is 55.0 Å². The van der Waals surface area contributed by atoms with Crippen LogP contribution in [0, 0.1) is 6.92 Å². The molecule has 3 aromatic rings. The summed E-state index contributed by atoms with van der Waals surface area (Å²) in [5, 5.41) is 7.29. The zero-order valence-corrected chi connectivity index (χ0v) is 16.8. The van der Waals surface area contributed by atoms with Gasteiger partial charge in [-0.3, -0.25) is 4.79 Å². The van der Waals surface area contributed by atoms with E-state index in [4.69, 9.17) is 27.9 Å². The summed E-state index contributed by atoms with van der Waals surface area (Å²) in [7, 11) is 0. The maximum absolute atomic E-state index is 12.0. The van der Waals surface area contributed by atoms with Gasteiger partial charge in [0, 0.05) is 17.3 Å². The fourth-order valence-corrected chi connectivity index (χ4v) is 2.87. The van der Waals surface area contributed by atoms with Gasteiger partial charge < -0.3 is 15.4 Å². The summed E-state index contributed by atoms with van der Waals surface area (Å²) in [4.78, 5) is 12.0. The van der Waals surface area contributed by atoms with Crippen molar-refractivity contribution >= 4 is 40.5 Å². The van der Waals surface area contributed by atoms with E-state index in [0.717, 1.165) is 22.5 Å². The van der Waals surface area contributed by atoms with Gasteiger partial charge in [0.15, 0.2) is 6.61 Å². The lowest BCUT2D eigenvalue weighted by Crippen LogP contribution is -2.20. The Morgan fingerprint density at radius 2 is 1.68 bits per heavy atom. The number of ether oxygens (including phenoxy) is 1. The second-order valence-electron chi connectivity index (χ2n) is 6.32. The maximum Gasteiger partial charge on any atom is 0.262 e. The van der Waals surface area contributed by atoms with Gasteiger partial charge >= 0.3 is 0 Å². The summed E-state index contributed by atoms with van der Waals surface area (Å²) in [6, 6.07) is 20.4. The number of hydrogen-bond donors (Lipinski definition) is 2. The largest absolute Gasteiger partial charge is 0.484 e. The Kier molecular flexibility index (Phi) is 6.80. The molecule has 0 aliphatic heterocycles. The molecule has 28 heavy (non-hydrogen) atoms. The second kappa shape index (κ2) is 9.49. The minimum absolute atomic E-state index is 0.0520. The van der Waals surface area contributed by atoms with Gasteiger partial charge in [-0.25, -0.2) is 0 Å². The van der Waals surface area contributed by atoms with Gasteiger partial charge in [0.25, 0.3) is 5.91 Å². The molecule has 0 aromatic heterocycles. The van der Waals surface area contributed by atoms with Gasteiger partial charge in [-0.2, -0.15) is 0 Å². The number of carbonyl (C=O) groups excluding carboxylic acids is 1. The predicted molar refractivity (Wildman–Crippen MR) is 116 cm³/mol. The van der Waals surface area contributed by atoms with Crippen LogP contribution in [0.25, 0.3) is 0 Å². The van der Waals surface area contributed by atoms with Crippen molar-refractivity contribution in [2.45, 2.75) is 13.5 Å². The lowest BCUT2D eigenvalue weighted by molar-refractivity contribution is -0.118. The van der Waals surface area contributed by atoms with E-state index in [-0.39, 0.29) is 12.5 Å². The van der Waals surface area contributed by atoms with Crippen molar-refractivity contribution in [3.05, 3.63) is 87.9 Å². The Balaban J connectivity index is 1.48. The number of halogens is 2. The van der Waals surface area contributed by atoms with Crippen molar-refractivity contribution in [1.29, 1.82) is 0 Å². The Hall–Kier alpha value is -2.69. The highest BCUT2D eigenvalue weighted by atomic mass is 35.5. The molecule has 2 N–H and O–H groups in total. The molecule has 0 fully saturated rings. The number of hydrogen-bond acceptors (Lipinski definition) is 3. The highest BCUT2D eigenvalue weighted by Crippen LogP contribution is 2.26. The molecule has 0 unspecified atom stereocenters. The first-order valence-corrected chi connectivity index (χ1v) is 9.52. The third kappa shape index (κ3) is 5.91. The van der Waals surface area contributed by atoms with Crippen LogP contribution < -0.4 is 15.4 Å². The van der Waals surface area contributed by atoms with Crippen LogP contribution >= 0.6 is 23.2 Å². The average Bonchev–Trinajstić information content (AvgIpc) is 2.69. The van der Waals surface area contributed by atoms with Crippen molar-refractivity contribution in [2.75, 3.05) is 17.2 Å². The minimum Gasteiger partial charge on any atom is -0.484 e. The SMILES string of the molecule is Cc1ccc(NC(=O)COc2ccc(CNc3cc(Cl)ccc3Cl)cc2)cc1. The minimum atomic E-state index is -0.204. The molecule has 3 rings (SSSR count). The Morgan fingerprint density at radius 1 is 0.964 bits per heavy atom. The van der Waals surface area contributed by atoms with Crippen LogP contribution in [-0.4, -0.2) is 12.5 Å². The first-order chi connectivity index (χ1) is 13.5. The Labute approximate surface area is 174 Å². The summed E-state index contributed by atoms with van der Waals surface area (Å²) in [6.45, 7) is 2.54. The third-order valence-corrected chi connectivity index (χ3v) is 4.60. The Bertz CT molecular complexity index is 942. The standard InChI is InChI=1S/C22H20Cl2N2O2/c1-15-2-7-18(8-3-15)26-22(27)14-28-19-9-4-16(5-10-19)13-25-21-12-17(23)6-11-20(21)24/h2-12,25H,13-14H2,1H3,(H,26,27). The molecular weight excluding hydrogens is 395 g/mol. The van der Waals surface area contributed by atoms with Gasteiger partial charge in [-0.15, -0.1) is 0 Å². The first kappa shape index (κ1) is 20.1. The first-order valence-electron chi connectivity index (χ1n) is 8.77. The van der Waals surface area contributed by atoms with E-state index in [9.17, 15) is 4.79 Å². The third-order valence-electron chi connectivity index (χ3n) is 4.04. The topological polar surface area (TPSA) is 50.4 Å². The molecule has 1 amide bonds. The quantitative estimate of drug-likeness (QED) is 0.503. The van der Waals surface area contributed by atoms with Crippen molar-refractivity contribution < 1.29 is 9.53 Å². The van der Waals surface area contributed by atoms with Gasteiger partial charge in [0.05, 0.1) is 10.7 Å². The maximum atomic E-state index is 12.0. The number of amides is 1. The molecule has 0 atom stereocenters. The molecule has 0 saturated carbocycles. The highest BCUT2D eigenvalue weighted by molar-refractivity contribution is 6.35. The van der Waals surface area contributed by atoms with Gasteiger partial charge in [-0.1, -0.05) is 53.0 Å². The summed E-state index contributed by atoms with van der Waals surface area (Å²) < 4.78 is 5.55. The fourth-order valence-electron chi connectivity index (χ4n) is 2.52. The summed E-state index contributed by atoms with van der Waals surface area (Å²) in [5.41, 5.74) is 3.72. The lowest BCUT2D eigenvalue weighted by Gasteiger charge is -2.10. The van der Waals surface area contributed by atoms with Crippen molar-refractivity contribution in [3.8, 4) is 5.75 Å². The van der Waals surface area contributed by atoms with Crippen molar-refractivity contribution in [3.63, 3.8) is 0 Å². The molecular formula is C22H20Cl2N2O2. The Morgan fingerprint density at radius 3 is 2.39 bits per heavy atom. The van der Waals surface area contributed by atoms with Crippen LogP contribution in [0.2, 0.25) is 10.0 Å². The van der Waals surface area contributed by atoms with Crippen LogP contribution in [0.3, 0.4) is 0 Å². The smallest absolute Gasteiger partial charge is 0.262 e. The number of carbonyl (C=O) groups is 1. The normalized spacial score (nSPS) is 10.4. The van der Waals surface area contributed by atoms with E-state index in [1.165, 1.54) is 0 Å². The summed E-state index contributed by atoms with van der Waals surface area (Å²) in [5.74, 6) is 0.425. The van der Waals surface area contributed by atoms with E-state index in [2.05, 4.69) is 10.6 Å². The molecule has 3 aromatic carbocycles. The van der Waals surface area contributed by atoms with Crippen LogP contribution in [0.15, 0.2) is 66.7 Å². The number of rotatable bonds is 7. The van der Waals surface area contributed by atoms with E-state index in [1.807, 2.05) is 55.5 Å². The van der Waals surface area contributed by atoms with Crippen LogP contribution in [-0.2, 0) is 11.3 Å². The second-order valence-corrected chi connectivity index (χ2v) is 7.17. The molecule has 144 valence electrons. The number of benzene rings is 3. The van der Waals surface area contributed by atoms with E-state index >= 15 is 0 Å². The van der Waals surface area contributed by atoms with Crippen LogP contribution in [0.1, 0.15) is 11.1 Å². The molecule has 0 radical (unpaired) electrons. The molecule has 4 nitrogen and oxygen atoms in total. The number of anilines is 2. The molecule has 0 aliphatic carbocycles. The van der Waals surface area contributed by atoms with Gasteiger partial charge in [0.1, 0.15) is 5.75 Å². The van der Waals surface area contributed by atoms with Crippen LogP contribution in [0.5, 0.6) is 5.75 Å². The molecule has 0 aliphatic rings. The summed E-state index contributed by atoms with van der Waals surface area (Å²) >= 11 is 12.1. The molecule has 0 saturated heterocycles. The predicted octanol–water partition coefficient (Wildman–Crippen LogP) is 5.93. The van der Waals surface area contributed by atoms with Crippen molar-refractivity contribution in [1.82, 2.24) is 0 Å². The fraction of sp³-hybridized carbons (Fsp3) is 0.136. The zero-order valence-electron chi connectivity index (χ0n) is 15.3. The summed E-state index contributed by atoms with van der Waals surface area (Å²) in [6.07, 6.45) is 0. The monoisotopic (exact) mass is 414 g/mol. The van der Waals surface area contributed by atoms with Crippen LogP contribution in [0.4, 0.5) is 11.4 Å². The molecule has 0 heterocycles. The number of aryl methyl sites for hydroxylation is 1. The van der Waals surface area contributed by atoms with E-state index in [1.54, 1.807) is 18.2 Å². The zero-order chi connectivity index (χ0) is 19.9. The molecule has 0 spiro atoms. The van der Waals surface area contributed by atoms with Crippen molar-refractivity contribution in [2.24, 2.45) is 0 Å². The number of nitrogens with one attached hydrogen (secondary N) is 2. The molecule has 0 bridgehead atoms. The van der Waals surface area contributed by atoms with E-state index < -0.39 is 0 Å².